The number of piperidine rings is 1. The van der Waals surface area contributed by atoms with Crippen molar-refractivity contribution in [2.24, 2.45) is 16.3 Å². The average Bonchev–Trinajstić information content (AvgIpc) is 3.61. The zero-order valence-corrected chi connectivity index (χ0v) is 23.4. The maximum absolute atomic E-state index is 14.0. The van der Waals surface area contributed by atoms with E-state index in [9.17, 15) is 14.3 Å². The summed E-state index contributed by atoms with van der Waals surface area (Å²) in [7, 11) is 0. The third-order valence-corrected chi connectivity index (χ3v) is 8.78. The van der Waals surface area contributed by atoms with Gasteiger partial charge in [0.05, 0.1) is 37.6 Å². The van der Waals surface area contributed by atoms with Crippen molar-refractivity contribution >= 4 is 22.6 Å². The molecule has 1 unspecified atom stereocenters. The van der Waals surface area contributed by atoms with E-state index in [0.717, 1.165) is 59.1 Å². The number of phenols is 1. The van der Waals surface area contributed by atoms with E-state index >= 15 is 0 Å². The number of halogens is 1. The molecule has 0 spiro atoms. The summed E-state index contributed by atoms with van der Waals surface area (Å²) in [6.07, 6.45) is 5.26. The Morgan fingerprint density at radius 2 is 2.05 bits per heavy atom. The molecule has 2 aromatic rings. The van der Waals surface area contributed by atoms with Crippen molar-refractivity contribution in [2.45, 2.75) is 52.9 Å². The molecule has 0 radical (unpaired) electrons. The van der Waals surface area contributed by atoms with E-state index in [1.54, 1.807) is 17.0 Å². The molecule has 2 heterocycles. The van der Waals surface area contributed by atoms with Gasteiger partial charge in [-0.2, -0.15) is 0 Å². The van der Waals surface area contributed by atoms with Crippen LogP contribution >= 0.6 is 0 Å². The standard InChI is InChI=1S/C32H40FN3O3/c1-5-32(11-12-32)20-39-23(4)34-29-19-36(18-28(29)22(3)35-13-7-9-24(16-33)17-35)31(38)27-15-26(37)14-25-10-6-8-21(2)30(25)27/h6,8,10,14-15,24,37H,3,5,7,9,11-13,16-20H2,1-2,4H3. The highest BCUT2D eigenvalue weighted by molar-refractivity contribution is 6.09. The van der Waals surface area contributed by atoms with Gasteiger partial charge in [0, 0.05) is 42.6 Å². The fraction of sp³-hybridized carbons (Fsp3) is 0.500. The van der Waals surface area contributed by atoms with E-state index in [2.05, 4.69) is 18.4 Å². The first-order valence-electron chi connectivity index (χ1n) is 14.2. The van der Waals surface area contributed by atoms with Crippen molar-refractivity contribution in [2.75, 3.05) is 39.5 Å². The Morgan fingerprint density at radius 1 is 1.26 bits per heavy atom. The first-order chi connectivity index (χ1) is 18.7. The first kappa shape index (κ1) is 27.2. The van der Waals surface area contributed by atoms with E-state index in [0.29, 0.717) is 37.7 Å². The number of hydrogen-bond donors (Lipinski definition) is 1. The Labute approximate surface area is 230 Å². The maximum atomic E-state index is 14.0. The lowest BCUT2D eigenvalue weighted by Crippen LogP contribution is -2.36. The molecule has 0 aromatic heterocycles. The fourth-order valence-electron chi connectivity index (χ4n) is 5.94. The van der Waals surface area contributed by atoms with Crippen molar-refractivity contribution in [1.82, 2.24) is 9.80 Å². The molecule has 1 amide bonds. The number of alkyl halides is 1. The average molecular weight is 534 g/mol. The third kappa shape index (κ3) is 5.68. The van der Waals surface area contributed by atoms with Gasteiger partial charge in [-0.3, -0.25) is 9.18 Å². The van der Waals surface area contributed by atoms with Crippen molar-refractivity contribution in [1.29, 1.82) is 0 Å². The molecule has 1 saturated heterocycles. The number of nitrogens with zero attached hydrogens (tertiary/aromatic N) is 3. The molecule has 3 aliphatic rings. The summed E-state index contributed by atoms with van der Waals surface area (Å²) in [5, 5.41) is 12.1. The van der Waals surface area contributed by atoms with Crippen molar-refractivity contribution in [3.8, 4) is 5.75 Å². The van der Waals surface area contributed by atoms with E-state index < -0.39 is 0 Å². The number of amides is 1. The fourth-order valence-corrected chi connectivity index (χ4v) is 5.94. The molecule has 2 fully saturated rings. The van der Waals surface area contributed by atoms with Gasteiger partial charge in [-0.15, -0.1) is 0 Å². The molecule has 2 aliphatic heterocycles. The number of aryl methyl sites for hydroxylation is 1. The zero-order chi connectivity index (χ0) is 27.7. The molecule has 39 heavy (non-hydrogen) atoms. The normalized spacial score (nSPS) is 21.0. The van der Waals surface area contributed by atoms with Gasteiger partial charge in [0.2, 0.25) is 0 Å². The smallest absolute Gasteiger partial charge is 0.255 e. The Hall–Kier alpha value is -3.35. The zero-order valence-electron chi connectivity index (χ0n) is 23.4. The number of aromatic hydroxyl groups is 1. The van der Waals surface area contributed by atoms with Crippen LogP contribution in [-0.4, -0.2) is 66.2 Å². The number of benzene rings is 2. The van der Waals surface area contributed by atoms with Gasteiger partial charge in [-0.05, 0) is 67.5 Å². The van der Waals surface area contributed by atoms with Crippen LogP contribution in [0.5, 0.6) is 5.75 Å². The highest BCUT2D eigenvalue weighted by Gasteiger charge is 2.41. The lowest BCUT2D eigenvalue weighted by Gasteiger charge is -2.35. The molecule has 6 nitrogen and oxygen atoms in total. The number of fused-ring (bicyclic) bond motifs is 1. The molecular formula is C32H40FN3O3. The number of rotatable bonds is 8. The minimum Gasteiger partial charge on any atom is -0.508 e. The van der Waals surface area contributed by atoms with Gasteiger partial charge in [-0.25, -0.2) is 4.99 Å². The number of ether oxygens (including phenoxy) is 1. The van der Waals surface area contributed by atoms with Gasteiger partial charge >= 0.3 is 0 Å². The van der Waals surface area contributed by atoms with Crippen LogP contribution in [0.3, 0.4) is 0 Å². The number of carbonyl (C=O) groups is 1. The van der Waals surface area contributed by atoms with Crippen LogP contribution in [0.25, 0.3) is 10.8 Å². The lowest BCUT2D eigenvalue weighted by molar-refractivity contribution is 0.0796. The summed E-state index contributed by atoms with van der Waals surface area (Å²) in [4.78, 5) is 22.7. The van der Waals surface area contributed by atoms with E-state index in [-0.39, 0.29) is 29.7 Å². The Morgan fingerprint density at radius 3 is 2.77 bits per heavy atom. The summed E-state index contributed by atoms with van der Waals surface area (Å²) in [6.45, 7) is 12.9. The molecule has 1 aliphatic carbocycles. The number of likely N-dealkylation sites (tertiary alicyclic amines) is 1. The summed E-state index contributed by atoms with van der Waals surface area (Å²) < 4.78 is 19.6. The molecule has 0 bridgehead atoms. The van der Waals surface area contributed by atoms with Gasteiger partial charge in [-0.1, -0.05) is 31.7 Å². The van der Waals surface area contributed by atoms with Crippen LogP contribution in [0, 0.1) is 18.3 Å². The van der Waals surface area contributed by atoms with E-state index in [1.165, 1.54) is 12.8 Å². The van der Waals surface area contributed by atoms with Crippen LogP contribution in [0.15, 0.2) is 58.9 Å². The second kappa shape index (κ2) is 11.0. The maximum Gasteiger partial charge on any atom is 0.255 e. The van der Waals surface area contributed by atoms with Gasteiger partial charge < -0.3 is 19.6 Å². The minimum atomic E-state index is -0.339. The Kier molecular flexibility index (Phi) is 7.70. The molecular weight excluding hydrogens is 493 g/mol. The largest absolute Gasteiger partial charge is 0.508 e. The second-order valence-electron chi connectivity index (χ2n) is 11.6. The number of carbonyl (C=O) groups excluding carboxylic acids is 1. The monoisotopic (exact) mass is 533 g/mol. The lowest BCUT2D eigenvalue weighted by atomic mass is 9.98. The van der Waals surface area contributed by atoms with Crippen LogP contribution in [0.4, 0.5) is 4.39 Å². The topological polar surface area (TPSA) is 65.4 Å². The van der Waals surface area contributed by atoms with Crippen molar-refractivity contribution in [3.05, 3.63) is 65.0 Å². The summed E-state index contributed by atoms with van der Waals surface area (Å²) in [5.74, 6) is 0.481. The number of phenolic OH excluding ortho intramolecular Hbond substituents is 1. The Bertz CT molecular complexity index is 1340. The van der Waals surface area contributed by atoms with Gasteiger partial charge in [0.25, 0.3) is 5.91 Å². The number of aliphatic imine (C=N–C) groups is 1. The quantitative estimate of drug-likeness (QED) is 0.316. The Balaban J connectivity index is 1.44. The van der Waals surface area contributed by atoms with Gasteiger partial charge in [0.1, 0.15) is 5.75 Å². The van der Waals surface area contributed by atoms with Crippen LogP contribution in [0.2, 0.25) is 0 Å². The summed E-state index contributed by atoms with van der Waals surface area (Å²) in [5.41, 5.74) is 4.18. The molecule has 7 heteroatoms. The molecule has 5 rings (SSSR count). The second-order valence-corrected chi connectivity index (χ2v) is 11.6. The predicted octanol–water partition coefficient (Wildman–Crippen LogP) is 6.38. The van der Waals surface area contributed by atoms with Crippen molar-refractivity contribution < 1.29 is 19.0 Å². The highest BCUT2D eigenvalue weighted by atomic mass is 19.1. The van der Waals surface area contributed by atoms with Crippen molar-refractivity contribution in [3.63, 3.8) is 0 Å². The van der Waals surface area contributed by atoms with Crippen LogP contribution in [0.1, 0.15) is 61.9 Å². The molecule has 1 N–H and O–H groups in total. The van der Waals surface area contributed by atoms with Crippen LogP contribution < -0.4 is 0 Å². The first-order valence-corrected chi connectivity index (χ1v) is 14.2. The number of hydrogen-bond acceptors (Lipinski definition) is 5. The summed E-state index contributed by atoms with van der Waals surface area (Å²) in [6, 6.07) is 9.05. The van der Waals surface area contributed by atoms with Crippen LogP contribution in [-0.2, 0) is 4.74 Å². The van der Waals surface area contributed by atoms with E-state index in [4.69, 9.17) is 9.73 Å². The molecule has 2 aromatic carbocycles. The predicted molar refractivity (Wildman–Crippen MR) is 154 cm³/mol. The minimum absolute atomic E-state index is 0.00216. The summed E-state index contributed by atoms with van der Waals surface area (Å²) >= 11 is 0. The molecule has 1 saturated carbocycles. The SMILES string of the molecule is C=C(C1=C(N=C(C)OCC2(CC)CC2)CN(C(=O)c2cc(O)cc3cccc(C)c23)C1)N1CCCC(CF)C1. The third-order valence-electron chi connectivity index (χ3n) is 8.78. The molecule has 1 atom stereocenters. The van der Waals surface area contributed by atoms with E-state index in [1.807, 2.05) is 32.0 Å². The van der Waals surface area contributed by atoms with Gasteiger partial charge in [0.15, 0.2) is 5.90 Å². The highest BCUT2D eigenvalue weighted by Crippen LogP contribution is 2.48. The molecule has 208 valence electrons.